The molecule has 1 aromatic carbocycles. The molecule has 0 bridgehead atoms. The lowest BCUT2D eigenvalue weighted by atomic mass is 9.98. The van der Waals surface area contributed by atoms with Crippen molar-refractivity contribution in [3.05, 3.63) is 29.3 Å². The summed E-state index contributed by atoms with van der Waals surface area (Å²) in [5.41, 5.74) is 3.84. The minimum Gasteiger partial charge on any atom is -0.326 e. The van der Waals surface area contributed by atoms with E-state index in [0.717, 1.165) is 29.9 Å². The summed E-state index contributed by atoms with van der Waals surface area (Å²) in [5.74, 6) is -0.942. The molecule has 1 aliphatic carbocycles. The number of nitrogens with two attached hydrogens (primary N) is 1. The van der Waals surface area contributed by atoms with Gasteiger partial charge in [-0.2, -0.15) is 13.2 Å². The highest BCUT2D eigenvalue weighted by Crippen LogP contribution is 2.35. The van der Waals surface area contributed by atoms with Gasteiger partial charge in [-0.1, -0.05) is 12.8 Å². The lowest BCUT2D eigenvalue weighted by Gasteiger charge is -2.20. The molecule has 0 aromatic heterocycles. The van der Waals surface area contributed by atoms with Crippen LogP contribution in [0, 0.1) is 0 Å². The number of hydrogen-bond acceptors (Lipinski definition) is 4. The summed E-state index contributed by atoms with van der Waals surface area (Å²) in [6.07, 6.45) is -1.94. The maximum atomic E-state index is 13.0. The summed E-state index contributed by atoms with van der Waals surface area (Å²) in [7, 11) is 0. The molecule has 1 saturated carbocycles. The van der Waals surface area contributed by atoms with Gasteiger partial charge >= 0.3 is 12.2 Å². The van der Waals surface area contributed by atoms with E-state index in [-0.39, 0.29) is 36.7 Å². The van der Waals surface area contributed by atoms with Gasteiger partial charge < -0.3 is 16.4 Å². The Kier molecular flexibility index (Phi) is 5.33. The highest BCUT2D eigenvalue weighted by Gasteiger charge is 2.52. The van der Waals surface area contributed by atoms with E-state index in [1.165, 1.54) is 6.07 Å². The van der Waals surface area contributed by atoms with E-state index in [9.17, 15) is 27.6 Å². The number of carbonyl (C=O) groups is 3. The van der Waals surface area contributed by atoms with E-state index in [1.54, 1.807) is 0 Å². The first-order valence-corrected chi connectivity index (χ1v) is 9.00. The first kappa shape index (κ1) is 20.1. The van der Waals surface area contributed by atoms with Crippen LogP contribution in [0.1, 0.15) is 43.2 Å². The fourth-order valence-electron chi connectivity index (χ4n) is 3.68. The Morgan fingerprint density at radius 1 is 1.21 bits per heavy atom. The Bertz CT molecular complexity index is 804. The van der Waals surface area contributed by atoms with Gasteiger partial charge in [-0.3, -0.25) is 14.5 Å². The Balaban J connectivity index is 1.63. The van der Waals surface area contributed by atoms with E-state index >= 15 is 0 Å². The average Bonchev–Trinajstić information content (AvgIpc) is 3.18. The van der Waals surface area contributed by atoms with Crippen molar-refractivity contribution in [1.82, 2.24) is 10.2 Å². The van der Waals surface area contributed by atoms with Crippen molar-refractivity contribution in [3.63, 3.8) is 0 Å². The van der Waals surface area contributed by atoms with Gasteiger partial charge in [0.25, 0.3) is 5.91 Å². The van der Waals surface area contributed by atoms with E-state index < -0.39 is 29.2 Å². The highest BCUT2D eigenvalue weighted by atomic mass is 19.4. The van der Waals surface area contributed by atoms with Crippen LogP contribution in [0.2, 0.25) is 0 Å². The molecule has 2 fully saturated rings. The van der Waals surface area contributed by atoms with Crippen LogP contribution in [0.3, 0.4) is 0 Å². The van der Waals surface area contributed by atoms with Gasteiger partial charge in [-0.15, -0.1) is 0 Å². The fraction of sp³-hybridized carbons (Fsp3) is 0.500. The van der Waals surface area contributed by atoms with Gasteiger partial charge in [-0.05, 0) is 36.6 Å². The SMILES string of the molecule is NCc1cc(NC(=O)CCN2C(=O)NC3(CCCC3)C2=O)cc(C(F)(F)F)c1. The number of urea groups is 1. The quantitative estimate of drug-likeness (QED) is 0.662. The molecule has 2 aliphatic rings. The van der Waals surface area contributed by atoms with Crippen molar-refractivity contribution in [3.8, 4) is 0 Å². The Morgan fingerprint density at radius 3 is 2.50 bits per heavy atom. The number of amides is 4. The van der Waals surface area contributed by atoms with Gasteiger partial charge in [0.2, 0.25) is 5.91 Å². The lowest BCUT2D eigenvalue weighted by molar-refractivity contribution is -0.137. The summed E-state index contributed by atoms with van der Waals surface area (Å²) < 4.78 is 38.9. The predicted molar refractivity (Wildman–Crippen MR) is 94.0 cm³/mol. The third kappa shape index (κ3) is 3.96. The van der Waals surface area contributed by atoms with Crippen molar-refractivity contribution in [2.45, 2.75) is 50.4 Å². The maximum absolute atomic E-state index is 13.0. The van der Waals surface area contributed by atoms with Crippen molar-refractivity contribution < 1.29 is 27.6 Å². The summed E-state index contributed by atoms with van der Waals surface area (Å²) in [5, 5.41) is 5.09. The molecule has 10 heteroatoms. The number of carbonyl (C=O) groups excluding carboxylic acids is 3. The second-order valence-corrected chi connectivity index (χ2v) is 7.09. The number of rotatable bonds is 5. The van der Waals surface area contributed by atoms with Crippen LogP contribution in [0.15, 0.2) is 18.2 Å². The second-order valence-electron chi connectivity index (χ2n) is 7.09. The van der Waals surface area contributed by atoms with Crippen LogP contribution >= 0.6 is 0 Å². The number of halogens is 3. The molecule has 1 aliphatic heterocycles. The summed E-state index contributed by atoms with van der Waals surface area (Å²) >= 11 is 0. The molecule has 0 radical (unpaired) electrons. The van der Waals surface area contributed by atoms with Crippen molar-refractivity contribution >= 4 is 23.5 Å². The molecule has 152 valence electrons. The van der Waals surface area contributed by atoms with Gasteiger partial charge in [0.1, 0.15) is 5.54 Å². The van der Waals surface area contributed by atoms with Crippen molar-refractivity contribution in [1.29, 1.82) is 0 Å². The Labute approximate surface area is 159 Å². The second kappa shape index (κ2) is 7.42. The predicted octanol–water partition coefficient (Wildman–Crippen LogP) is 2.36. The number of anilines is 1. The maximum Gasteiger partial charge on any atom is 0.416 e. The third-order valence-electron chi connectivity index (χ3n) is 5.11. The minimum atomic E-state index is -4.57. The third-order valence-corrected chi connectivity index (χ3v) is 5.11. The molecule has 1 saturated heterocycles. The summed E-state index contributed by atoms with van der Waals surface area (Å²) in [4.78, 5) is 37.8. The number of alkyl halides is 3. The van der Waals surface area contributed by atoms with E-state index in [0.29, 0.717) is 12.8 Å². The number of nitrogens with one attached hydrogen (secondary N) is 2. The minimum absolute atomic E-state index is 0.0373. The first-order valence-electron chi connectivity index (χ1n) is 9.00. The average molecular weight is 398 g/mol. The van der Waals surface area contributed by atoms with Crippen LogP contribution in [-0.4, -0.2) is 34.8 Å². The van der Waals surface area contributed by atoms with Crippen LogP contribution in [-0.2, 0) is 22.3 Å². The number of hydrogen-bond donors (Lipinski definition) is 3. The summed E-state index contributed by atoms with van der Waals surface area (Å²) in [6, 6.07) is 2.56. The molecule has 4 N–H and O–H groups in total. The summed E-state index contributed by atoms with van der Waals surface area (Å²) in [6.45, 7) is -0.252. The molecule has 1 spiro atoms. The standard InChI is InChI=1S/C18H21F3N4O3/c19-18(20,21)12-7-11(10-22)8-13(9-12)23-14(26)3-6-25-15(27)17(24-16(25)28)4-1-2-5-17/h7-9H,1-6,10,22H2,(H,23,26)(H,24,28). The smallest absolute Gasteiger partial charge is 0.326 e. The first-order chi connectivity index (χ1) is 13.1. The zero-order valence-electron chi connectivity index (χ0n) is 15.1. The largest absolute Gasteiger partial charge is 0.416 e. The fourth-order valence-corrected chi connectivity index (χ4v) is 3.68. The molecular formula is C18H21F3N4O3. The molecule has 1 heterocycles. The molecule has 0 atom stereocenters. The van der Waals surface area contributed by atoms with Crippen LogP contribution in [0.4, 0.5) is 23.7 Å². The lowest BCUT2D eigenvalue weighted by Crippen LogP contribution is -2.44. The molecule has 1 aromatic rings. The zero-order chi connectivity index (χ0) is 20.5. The molecule has 7 nitrogen and oxygen atoms in total. The van der Waals surface area contributed by atoms with Crippen LogP contribution in [0.25, 0.3) is 0 Å². The Hall–Kier alpha value is -2.62. The highest BCUT2D eigenvalue weighted by molar-refractivity contribution is 6.07. The van der Waals surface area contributed by atoms with Crippen molar-refractivity contribution in [2.24, 2.45) is 5.73 Å². The van der Waals surface area contributed by atoms with E-state index in [4.69, 9.17) is 5.73 Å². The molecule has 28 heavy (non-hydrogen) atoms. The number of benzene rings is 1. The van der Waals surface area contributed by atoms with Crippen LogP contribution < -0.4 is 16.4 Å². The molecular weight excluding hydrogens is 377 g/mol. The van der Waals surface area contributed by atoms with Gasteiger partial charge in [0, 0.05) is 25.2 Å². The number of nitrogens with zero attached hydrogens (tertiary/aromatic N) is 1. The van der Waals surface area contributed by atoms with Crippen LogP contribution in [0.5, 0.6) is 0 Å². The molecule has 4 amide bonds. The zero-order valence-corrected chi connectivity index (χ0v) is 15.1. The van der Waals surface area contributed by atoms with Gasteiger partial charge in [0.05, 0.1) is 5.56 Å². The van der Waals surface area contributed by atoms with Gasteiger partial charge in [0.15, 0.2) is 0 Å². The molecule has 3 rings (SSSR count). The Morgan fingerprint density at radius 2 is 1.89 bits per heavy atom. The molecule has 0 unspecified atom stereocenters. The van der Waals surface area contributed by atoms with E-state index in [1.807, 2.05) is 0 Å². The topological polar surface area (TPSA) is 105 Å². The number of imide groups is 1. The normalized spacial score (nSPS) is 18.6. The van der Waals surface area contributed by atoms with E-state index in [2.05, 4.69) is 10.6 Å². The monoisotopic (exact) mass is 398 g/mol. The van der Waals surface area contributed by atoms with Gasteiger partial charge in [-0.25, -0.2) is 4.79 Å². The van der Waals surface area contributed by atoms with Crippen molar-refractivity contribution in [2.75, 3.05) is 11.9 Å².